The number of carbonyl (C=O) groups is 1. The smallest absolute Gasteiger partial charge is 0.411 e. The Kier molecular flexibility index (Phi) is 1.37. The molecule has 0 spiro atoms. The van der Waals surface area contributed by atoms with Crippen LogP contribution in [-0.4, -0.2) is 22.6 Å². The second-order valence-corrected chi connectivity index (χ2v) is 3.23. The summed E-state index contributed by atoms with van der Waals surface area (Å²) < 4.78 is 0. The van der Waals surface area contributed by atoms with Crippen molar-refractivity contribution in [1.82, 2.24) is 4.90 Å². The molecule has 0 bridgehead atoms. The monoisotopic (exact) mass is 153 g/mol. The maximum atomic E-state index is 10.5. The molecule has 0 aromatic heterocycles. The first-order valence-corrected chi connectivity index (χ1v) is 3.97. The van der Waals surface area contributed by atoms with Gasteiger partial charge in [-0.1, -0.05) is 0 Å². The van der Waals surface area contributed by atoms with Crippen LogP contribution >= 0.6 is 0 Å². The SMILES string of the molecule is O=C(O)N1C=C2CCCC2C1. The van der Waals surface area contributed by atoms with Gasteiger partial charge >= 0.3 is 6.09 Å². The summed E-state index contributed by atoms with van der Waals surface area (Å²) in [6.45, 7) is 0.699. The zero-order valence-electron chi connectivity index (χ0n) is 6.29. The molecule has 11 heavy (non-hydrogen) atoms. The van der Waals surface area contributed by atoms with Crippen molar-refractivity contribution >= 4 is 6.09 Å². The average Bonchev–Trinajstić information content (AvgIpc) is 2.40. The lowest BCUT2D eigenvalue weighted by molar-refractivity contribution is 0.163. The standard InChI is InChI=1S/C8H11NO2/c10-8(11)9-4-6-2-1-3-7(6)5-9/h4,7H,1-3,5H2,(H,10,11). The molecule has 1 aliphatic heterocycles. The molecule has 0 aromatic rings. The third-order valence-electron chi connectivity index (χ3n) is 2.53. The number of hydrogen-bond donors (Lipinski definition) is 1. The molecule has 0 radical (unpaired) electrons. The van der Waals surface area contributed by atoms with Crippen LogP contribution in [0.5, 0.6) is 0 Å². The number of hydrogen-bond acceptors (Lipinski definition) is 1. The van der Waals surface area contributed by atoms with Gasteiger partial charge in [0.25, 0.3) is 0 Å². The number of rotatable bonds is 0. The highest BCUT2D eigenvalue weighted by Crippen LogP contribution is 2.36. The highest BCUT2D eigenvalue weighted by atomic mass is 16.4. The minimum atomic E-state index is -0.813. The van der Waals surface area contributed by atoms with Gasteiger partial charge in [-0.05, 0) is 30.8 Å². The highest BCUT2D eigenvalue weighted by Gasteiger charge is 2.30. The van der Waals surface area contributed by atoms with Gasteiger partial charge in [-0.15, -0.1) is 0 Å². The van der Waals surface area contributed by atoms with Crippen LogP contribution in [0.15, 0.2) is 11.8 Å². The van der Waals surface area contributed by atoms with Gasteiger partial charge in [0.05, 0.1) is 0 Å². The van der Waals surface area contributed by atoms with E-state index in [4.69, 9.17) is 5.11 Å². The Bertz CT molecular complexity index is 222. The summed E-state index contributed by atoms with van der Waals surface area (Å²) in [5.41, 5.74) is 1.34. The summed E-state index contributed by atoms with van der Waals surface area (Å²) in [5, 5.41) is 8.65. The van der Waals surface area contributed by atoms with Crippen LogP contribution in [0.2, 0.25) is 0 Å². The molecule has 2 rings (SSSR count). The third kappa shape index (κ3) is 1.00. The fourth-order valence-corrected chi connectivity index (χ4v) is 1.94. The molecule has 0 aromatic carbocycles. The third-order valence-corrected chi connectivity index (χ3v) is 2.53. The molecule has 60 valence electrons. The number of amides is 1. The van der Waals surface area contributed by atoms with Crippen LogP contribution in [0.1, 0.15) is 19.3 Å². The van der Waals surface area contributed by atoms with Gasteiger partial charge in [0, 0.05) is 12.7 Å². The molecule has 1 fully saturated rings. The topological polar surface area (TPSA) is 40.5 Å². The summed E-state index contributed by atoms with van der Waals surface area (Å²) in [6.07, 6.45) is 4.51. The predicted molar refractivity (Wildman–Crippen MR) is 40.2 cm³/mol. The Labute approximate surface area is 65.3 Å². The van der Waals surface area contributed by atoms with Crippen molar-refractivity contribution in [1.29, 1.82) is 0 Å². The molecule has 2 aliphatic rings. The molecular weight excluding hydrogens is 142 g/mol. The minimum absolute atomic E-state index is 0.547. The van der Waals surface area contributed by atoms with E-state index in [0.717, 1.165) is 6.42 Å². The Balaban J connectivity index is 2.13. The molecule has 1 saturated carbocycles. The van der Waals surface area contributed by atoms with Gasteiger partial charge in [-0.2, -0.15) is 0 Å². The van der Waals surface area contributed by atoms with Crippen LogP contribution in [0.25, 0.3) is 0 Å². The summed E-state index contributed by atoms with van der Waals surface area (Å²) in [5.74, 6) is 0.547. The lowest BCUT2D eigenvalue weighted by Gasteiger charge is -2.09. The molecular formula is C8H11NO2. The molecule has 1 heterocycles. The molecule has 1 atom stereocenters. The first kappa shape index (κ1) is 6.70. The van der Waals surface area contributed by atoms with Crippen LogP contribution in [0.3, 0.4) is 0 Å². The van der Waals surface area contributed by atoms with Crippen molar-refractivity contribution < 1.29 is 9.90 Å². The normalized spacial score (nSPS) is 28.5. The maximum Gasteiger partial charge on any atom is 0.411 e. The number of nitrogens with zero attached hydrogens (tertiary/aromatic N) is 1. The van der Waals surface area contributed by atoms with Crippen molar-refractivity contribution in [3.8, 4) is 0 Å². The van der Waals surface area contributed by atoms with Crippen LogP contribution < -0.4 is 0 Å². The molecule has 3 heteroatoms. The second-order valence-electron chi connectivity index (χ2n) is 3.23. The molecule has 1 unspecified atom stereocenters. The highest BCUT2D eigenvalue weighted by molar-refractivity contribution is 5.67. The van der Waals surface area contributed by atoms with E-state index in [2.05, 4.69) is 0 Å². The van der Waals surface area contributed by atoms with Crippen LogP contribution in [0.4, 0.5) is 4.79 Å². The Morgan fingerprint density at radius 3 is 3.18 bits per heavy atom. The van der Waals surface area contributed by atoms with E-state index in [9.17, 15) is 4.79 Å². The Morgan fingerprint density at radius 1 is 1.73 bits per heavy atom. The van der Waals surface area contributed by atoms with Crippen molar-refractivity contribution in [2.75, 3.05) is 6.54 Å². The second kappa shape index (κ2) is 2.26. The number of carboxylic acid groups (broad SMARTS) is 1. The average molecular weight is 153 g/mol. The Hall–Kier alpha value is -0.990. The van der Waals surface area contributed by atoms with E-state index in [1.807, 2.05) is 0 Å². The summed E-state index contributed by atoms with van der Waals surface area (Å²) in [4.78, 5) is 11.9. The molecule has 3 nitrogen and oxygen atoms in total. The maximum absolute atomic E-state index is 10.5. The molecule has 1 aliphatic carbocycles. The summed E-state index contributed by atoms with van der Waals surface area (Å²) >= 11 is 0. The predicted octanol–water partition coefficient (Wildman–Crippen LogP) is 1.66. The van der Waals surface area contributed by atoms with E-state index in [-0.39, 0.29) is 0 Å². The zero-order valence-corrected chi connectivity index (χ0v) is 6.29. The van der Waals surface area contributed by atoms with Crippen LogP contribution in [-0.2, 0) is 0 Å². The largest absolute Gasteiger partial charge is 0.465 e. The quantitative estimate of drug-likeness (QED) is 0.575. The van der Waals surface area contributed by atoms with Crippen molar-refractivity contribution in [3.05, 3.63) is 11.8 Å². The zero-order chi connectivity index (χ0) is 7.84. The molecule has 1 N–H and O–H groups in total. The van der Waals surface area contributed by atoms with Crippen LogP contribution in [0, 0.1) is 5.92 Å². The first-order chi connectivity index (χ1) is 5.27. The Morgan fingerprint density at radius 2 is 2.55 bits per heavy atom. The lowest BCUT2D eigenvalue weighted by Crippen LogP contribution is -2.23. The van der Waals surface area contributed by atoms with Crippen molar-refractivity contribution in [2.24, 2.45) is 5.92 Å². The van der Waals surface area contributed by atoms with E-state index >= 15 is 0 Å². The minimum Gasteiger partial charge on any atom is -0.465 e. The summed E-state index contributed by atoms with van der Waals surface area (Å²) in [6, 6.07) is 0. The van der Waals surface area contributed by atoms with Crippen molar-refractivity contribution in [3.63, 3.8) is 0 Å². The fraction of sp³-hybridized carbons (Fsp3) is 0.625. The van der Waals surface area contributed by atoms with E-state index in [1.54, 1.807) is 6.20 Å². The van der Waals surface area contributed by atoms with Gasteiger partial charge < -0.3 is 5.11 Å². The molecule has 1 amide bonds. The van der Waals surface area contributed by atoms with E-state index < -0.39 is 6.09 Å². The lowest BCUT2D eigenvalue weighted by atomic mass is 10.1. The van der Waals surface area contributed by atoms with Gasteiger partial charge in [0.1, 0.15) is 0 Å². The van der Waals surface area contributed by atoms with Crippen molar-refractivity contribution in [2.45, 2.75) is 19.3 Å². The molecule has 0 saturated heterocycles. The fourth-order valence-electron chi connectivity index (χ4n) is 1.94. The summed E-state index contributed by atoms with van der Waals surface area (Å²) in [7, 11) is 0. The number of fused-ring (bicyclic) bond motifs is 1. The van der Waals surface area contributed by atoms with Gasteiger partial charge in [0.2, 0.25) is 0 Å². The first-order valence-electron chi connectivity index (χ1n) is 3.97. The van der Waals surface area contributed by atoms with E-state index in [0.29, 0.717) is 12.5 Å². The van der Waals surface area contributed by atoms with E-state index in [1.165, 1.54) is 23.3 Å². The van der Waals surface area contributed by atoms with Gasteiger partial charge in [-0.25, -0.2) is 4.79 Å². The van der Waals surface area contributed by atoms with Gasteiger partial charge in [0.15, 0.2) is 0 Å². The van der Waals surface area contributed by atoms with Gasteiger partial charge in [-0.3, -0.25) is 4.90 Å².